The van der Waals surface area contributed by atoms with Crippen molar-refractivity contribution < 1.29 is 24.2 Å². The molecule has 1 heterocycles. The van der Waals surface area contributed by atoms with E-state index in [0.717, 1.165) is 0 Å². The summed E-state index contributed by atoms with van der Waals surface area (Å²) < 4.78 is 6.16. The Hall–Kier alpha value is -3.49. The first-order chi connectivity index (χ1) is 14.8. The average Bonchev–Trinajstić information content (AvgIpc) is 2.75. The summed E-state index contributed by atoms with van der Waals surface area (Å²) in [7, 11) is 3.24. The molecule has 0 saturated carbocycles. The van der Waals surface area contributed by atoms with Gasteiger partial charge in [-0.2, -0.15) is 0 Å². The summed E-state index contributed by atoms with van der Waals surface area (Å²) in [5.41, 5.74) is 1.70. The lowest BCUT2D eigenvalue weighted by atomic mass is 9.90. The second-order valence-electron chi connectivity index (χ2n) is 7.16. The minimum absolute atomic E-state index is 0.221. The second-order valence-corrected chi connectivity index (χ2v) is 7.16. The van der Waals surface area contributed by atoms with Crippen LogP contribution in [0.5, 0.6) is 0 Å². The van der Waals surface area contributed by atoms with Crippen LogP contribution in [0.1, 0.15) is 36.1 Å². The number of benzene rings is 2. The zero-order valence-corrected chi connectivity index (χ0v) is 17.2. The van der Waals surface area contributed by atoms with Crippen molar-refractivity contribution in [3.05, 3.63) is 69.9 Å². The highest BCUT2D eigenvalue weighted by Gasteiger charge is 2.27. The van der Waals surface area contributed by atoms with Crippen molar-refractivity contribution in [3.63, 3.8) is 0 Å². The van der Waals surface area contributed by atoms with E-state index in [0.29, 0.717) is 27.8 Å². The third-order valence-electron chi connectivity index (χ3n) is 5.21. The first-order valence-electron chi connectivity index (χ1n) is 9.79. The van der Waals surface area contributed by atoms with Crippen LogP contribution < -0.4 is 16.1 Å². The van der Waals surface area contributed by atoms with Gasteiger partial charge in [0.25, 0.3) is 0 Å². The van der Waals surface area contributed by atoms with Gasteiger partial charge in [-0.3, -0.25) is 14.4 Å². The molecule has 0 aliphatic carbocycles. The number of rotatable bonds is 9. The zero-order valence-electron chi connectivity index (χ0n) is 17.2. The van der Waals surface area contributed by atoms with Crippen LogP contribution in [-0.4, -0.2) is 36.2 Å². The van der Waals surface area contributed by atoms with Crippen LogP contribution in [0.3, 0.4) is 0 Å². The topological polar surface area (TPSA) is 129 Å². The van der Waals surface area contributed by atoms with E-state index >= 15 is 0 Å². The molecule has 0 aliphatic heterocycles. The second kappa shape index (κ2) is 9.55. The largest absolute Gasteiger partial charge is 0.481 e. The van der Waals surface area contributed by atoms with E-state index < -0.39 is 24.0 Å². The fourth-order valence-electron chi connectivity index (χ4n) is 3.73. The van der Waals surface area contributed by atoms with E-state index in [4.69, 9.17) is 4.42 Å². The molecule has 0 bridgehead atoms. The highest BCUT2D eigenvalue weighted by atomic mass is 16.4. The van der Waals surface area contributed by atoms with Gasteiger partial charge >= 0.3 is 11.9 Å². The van der Waals surface area contributed by atoms with Gasteiger partial charge in [0.2, 0.25) is 0 Å². The van der Waals surface area contributed by atoms with Crippen LogP contribution in [0, 0.1) is 0 Å². The molecule has 0 fully saturated rings. The number of aliphatic carboxylic acids is 2. The Kier molecular flexibility index (Phi) is 6.84. The van der Waals surface area contributed by atoms with E-state index in [2.05, 4.69) is 10.6 Å². The Morgan fingerprint density at radius 1 is 0.935 bits per heavy atom. The van der Waals surface area contributed by atoms with Crippen molar-refractivity contribution in [1.29, 1.82) is 0 Å². The monoisotopic (exact) mass is 424 g/mol. The molecule has 1 aromatic heterocycles. The summed E-state index contributed by atoms with van der Waals surface area (Å²) in [6, 6.07) is 12.5. The van der Waals surface area contributed by atoms with Gasteiger partial charge in [0.15, 0.2) is 5.43 Å². The maximum atomic E-state index is 12.9. The summed E-state index contributed by atoms with van der Waals surface area (Å²) in [6.45, 7) is 0. The minimum atomic E-state index is -1.04. The molecule has 3 rings (SSSR count). The van der Waals surface area contributed by atoms with Crippen LogP contribution >= 0.6 is 0 Å². The van der Waals surface area contributed by atoms with Gasteiger partial charge < -0.3 is 25.3 Å². The summed E-state index contributed by atoms with van der Waals surface area (Å²) in [5.74, 6) is -1.70. The highest BCUT2D eigenvalue weighted by Crippen LogP contribution is 2.35. The van der Waals surface area contributed by atoms with E-state index in [1.807, 2.05) is 18.2 Å². The molecule has 2 aromatic carbocycles. The zero-order chi connectivity index (χ0) is 22.5. The van der Waals surface area contributed by atoms with Gasteiger partial charge in [-0.25, -0.2) is 0 Å². The molecule has 31 heavy (non-hydrogen) atoms. The predicted molar refractivity (Wildman–Crippen MR) is 116 cm³/mol. The third kappa shape index (κ3) is 4.82. The normalized spacial score (nSPS) is 13.1. The van der Waals surface area contributed by atoms with E-state index in [9.17, 15) is 24.6 Å². The Bertz CT molecular complexity index is 1160. The molecule has 4 N–H and O–H groups in total. The number of fused-ring (bicyclic) bond motifs is 1. The molecular formula is C23H24N2O6. The maximum absolute atomic E-state index is 12.9. The molecule has 0 spiro atoms. The Labute approximate surface area is 178 Å². The van der Waals surface area contributed by atoms with Crippen molar-refractivity contribution in [1.82, 2.24) is 10.6 Å². The van der Waals surface area contributed by atoms with E-state index in [-0.39, 0.29) is 23.9 Å². The molecule has 3 aromatic rings. The smallest absolute Gasteiger partial charge is 0.305 e. The first-order valence-corrected chi connectivity index (χ1v) is 9.79. The summed E-state index contributed by atoms with van der Waals surface area (Å²) in [6.07, 6.45) is -0.494. The van der Waals surface area contributed by atoms with E-state index in [1.165, 1.54) is 6.07 Å². The molecular weight excluding hydrogens is 400 g/mol. The van der Waals surface area contributed by atoms with Crippen molar-refractivity contribution in [3.8, 4) is 11.3 Å². The Balaban J connectivity index is 2.35. The fourth-order valence-corrected chi connectivity index (χ4v) is 3.73. The minimum Gasteiger partial charge on any atom is -0.481 e. The van der Waals surface area contributed by atoms with Crippen molar-refractivity contribution in [2.45, 2.75) is 24.9 Å². The van der Waals surface area contributed by atoms with Crippen LogP contribution in [0.15, 0.2) is 57.7 Å². The number of hydrogen-bond donors (Lipinski definition) is 4. The van der Waals surface area contributed by atoms with Gasteiger partial charge in [0.05, 0.1) is 18.2 Å². The van der Waals surface area contributed by atoms with Crippen molar-refractivity contribution in [2.75, 3.05) is 14.1 Å². The molecule has 0 aliphatic rings. The first kappa shape index (κ1) is 22.2. The fraction of sp³-hybridized carbons (Fsp3) is 0.261. The molecule has 0 saturated heterocycles. The number of carboxylic acid groups (broad SMARTS) is 2. The third-order valence-corrected chi connectivity index (χ3v) is 5.21. The number of carboxylic acids is 2. The molecule has 8 heteroatoms. The summed E-state index contributed by atoms with van der Waals surface area (Å²) in [5, 5.41) is 25.0. The van der Waals surface area contributed by atoms with E-state index in [1.54, 1.807) is 38.4 Å². The van der Waals surface area contributed by atoms with Gasteiger partial charge in [0.1, 0.15) is 11.3 Å². The lowest BCUT2D eigenvalue weighted by Crippen LogP contribution is -2.26. The summed E-state index contributed by atoms with van der Waals surface area (Å²) >= 11 is 0. The molecule has 0 amide bonds. The Morgan fingerprint density at radius 2 is 1.55 bits per heavy atom. The molecule has 162 valence electrons. The maximum Gasteiger partial charge on any atom is 0.305 e. The molecule has 2 atom stereocenters. The number of nitrogens with one attached hydrogen (secondary N) is 2. The van der Waals surface area contributed by atoms with Crippen LogP contribution in [-0.2, 0) is 9.59 Å². The van der Waals surface area contributed by atoms with Crippen LogP contribution in [0.25, 0.3) is 22.3 Å². The molecule has 0 radical (unpaired) electrons. The quantitative estimate of drug-likeness (QED) is 0.413. The SMILES string of the molecule is CNC(CC(=O)O)c1ccc2c(=O)cc(-c3ccccc3)oc2c1C(CC(=O)O)NC. The summed E-state index contributed by atoms with van der Waals surface area (Å²) in [4.78, 5) is 35.8. The van der Waals surface area contributed by atoms with Gasteiger partial charge in [0, 0.05) is 29.3 Å². The van der Waals surface area contributed by atoms with Crippen molar-refractivity contribution >= 4 is 22.9 Å². The molecule has 8 nitrogen and oxygen atoms in total. The molecule has 2 unspecified atom stereocenters. The van der Waals surface area contributed by atoms with Crippen LogP contribution in [0.2, 0.25) is 0 Å². The lowest BCUT2D eigenvalue weighted by Gasteiger charge is -2.24. The van der Waals surface area contributed by atoms with Gasteiger partial charge in [-0.1, -0.05) is 36.4 Å². The highest BCUT2D eigenvalue weighted by molar-refractivity contribution is 5.84. The lowest BCUT2D eigenvalue weighted by molar-refractivity contribution is -0.138. The average molecular weight is 424 g/mol. The van der Waals surface area contributed by atoms with Gasteiger partial charge in [-0.05, 0) is 25.7 Å². The number of hydrogen-bond acceptors (Lipinski definition) is 6. The standard InChI is InChI=1S/C23H24N2O6/c1-24-16(10-20(27)28)14-8-9-15-18(26)12-19(13-6-4-3-5-7-13)31-23(15)22(14)17(25-2)11-21(29)30/h3-9,12,16-17,24-25H,10-11H2,1-2H3,(H,27,28)(H,29,30). The van der Waals surface area contributed by atoms with Crippen LogP contribution in [0.4, 0.5) is 0 Å². The Morgan fingerprint density at radius 3 is 2.13 bits per heavy atom. The predicted octanol–water partition coefficient (Wildman–Crippen LogP) is 2.93. The number of carbonyl (C=O) groups is 2. The van der Waals surface area contributed by atoms with Gasteiger partial charge in [-0.15, -0.1) is 0 Å². The van der Waals surface area contributed by atoms with Crippen molar-refractivity contribution in [2.24, 2.45) is 0 Å².